The van der Waals surface area contributed by atoms with Gasteiger partial charge < -0.3 is 4.74 Å². The van der Waals surface area contributed by atoms with Gasteiger partial charge in [0, 0.05) is 6.54 Å². The molecule has 3 aromatic carbocycles. The number of carbonyl (C=O) groups is 1. The summed E-state index contributed by atoms with van der Waals surface area (Å²) in [6.45, 7) is 0.530. The Morgan fingerprint density at radius 3 is 1.84 bits per heavy atom. The Bertz CT molecular complexity index is 834. The maximum Gasteiger partial charge on any atom is 0.411 e. The predicted molar refractivity (Wildman–Crippen MR) is 96.8 cm³/mol. The molecule has 0 bridgehead atoms. The fourth-order valence-electron chi connectivity index (χ4n) is 3.36. The van der Waals surface area contributed by atoms with Crippen LogP contribution >= 0.6 is 0 Å². The van der Waals surface area contributed by atoms with Gasteiger partial charge in [-0.05, 0) is 16.7 Å². The van der Waals surface area contributed by atoms with Gasteiger partial charge in [-0.1, -0.05) is 91.0 Å². The lowest BCUT2D eigenvalue weighted by Crippen LogP contribution is -2.27. The monoisotopic (exact) mass is 329 g/mol. The zero-order chi connectivity index (χ0) is 17.1. The van der Waals surface area contributed by atoms with Gasteiger partial charge in [-0.2, -0.15) is 0 Å². The third kappa shape index (κ3) is 3.13. The zero-order valence-electron chi connectivity index (χ0n) is 13.8. The van der Waals surface area contributed by atoms with Gasteiger partial charge in [-0.25, -0.2) is 4.79 Å². The molecule has 4 rings (SSSR count). The van der Waals surface area contributed by atoms with Crippen molar-refractivity contribution in [1.29, 1.82) is 0 Å². The van der Waals surface area contributed by atoms with Crippen molar-refractivity contribution in [2.24, 2.45) is 0 Å². The van der Waals surface area contributed by atoms with Crippen molar-refractivity contribution >= 4 is 6.09 Å². The molecular formula is C22H19NO2. The van der Waals surface area contributed by atoms with Crippen LogP contribution in [0.25, 0.3) is 0 Å². The van der Waals surface area contributed by atoms with E-state index in [-0.39, 0.29) is 18.2 Å². The van der Waals surface area contributed by atoms with Crippen molar-refractivity contribution in [2.45, 2.75) is 18.7 Å². The Kier molecular flexibility index (Phi) is 4.21. The van der Waals surface area contributed by atoms with Gasteiger partial charge >= 0.3 is 6.09 Å². The maximum atomic E-state index is 12.6. The van der Waals surface area contributed by atoms with Crippen LogP contribution in [0.1, 0.15) is 28.8 Å². The third-order valence-electron chi connectivity index (χ3n) is 4.55. The number of amides is 1. The van der Waals surface area contributed by atoms with Crippen LogP contribution in [0.5, 0.6) is 0 Å². The first-order valence-electron chi connectivity index (χ1n) is 8.44. The van der Waals surface area contributed by atoms with E-state index in [2.05, 4.69) is 12.1 Å². The highest BCUT2D eigenvalue weighted by Crippen LogP contribution is 2.43. The molecule has 1 heterocycles. The molecule has 0 aliphatic carbocycles. The van der Waals surface area contributed by atoms with Crippen molar-refractivity contribution in [3.63, 3.8) is 0 Å². The van der Waals surface area contributed by atoms with E-state index in [0.29, 0.717) is 6.54 Å². The molecule has 0 N–H and O–H groups in total. The van der Waals surface area contributed by atoms with Crippen molar-refractivity contribution in [3.05, 3.63) is 108 Å². The lowest BCUT2D eigenvalue weighted by molar-refractivity contribution is 0.129. The average Bonchev–Trinajstić information content (AvgIpc) is 3.00. The van der Waals surface area contributed by atoms with Gasteiger partial charge in [0.1, 0.15) is 6.04 Å². The molecule has 1 fully saturated rings. The highest BCUT2D eigenvalue weighted by molar-refractivity contribution is 5.71. The predicted octanol–water partition coefficient (Wildman–Crippen LogP) is 5.12. The van der Waals surface area contributed by atoms with Gasteiger partial charge in [0.2, 0.25) is 0 Å². The molecule has 0 radical (unpaired) electrons. The SMILES string of the molecule is O=C1O[C@@H](c2ccccc2)[C@@H](c2ccccc2)N1Cc1ccccc1. The van der Waals surface area contributed by atoms with Crippen LogP contribution in [0.3, 0.4) is 0 Å². The number of carbonyl (C=O) groups excluding carboxylic acids is 1. The van der Waals surface area contributed by atoms with E-state index in [1.807, 2.05) is 83.8 Å². The van der Waals surface area contributed by atoms with E-state index >= 15 is 0 Å². The fraction of sp³-hybridized carbons (Fsp3) is 0.136. The molecule has 1 aliphatic heterocycles. The third-order valence-corrected chi connectivity index (χ3v) is 4.55. The van der Waals surface area contributed by atoms with Crippen LogP contribution in [0.15, 0.2) is 91.0 Å². The minimum absolute atomic E-state index is 0.142. The number of cyclic esters (lactones) is 1. The quantitative estimate of drug-likeness (QED) is 0.665. The van der Waals surface area contributed by atoms with Gasteiger partial charge in [0.05, 0.1) is 0 Å². The second-order valence-corrected chi connectivity index (χ2v) is 6.18. The molecule has 0 spiro atoms. The lowest BCUT2D eigenvalue weighted by Gasteiger charge is -2.25. The van der Waals surface area contributed by atoms with Gasteiger partial charge in [0.25, 0.3) is 0 Å². The highest BCUT2D eigenvalue weighted by atomic mass is 16.6. The van der Waals surface area contributed by atoms with Crippen LogP contribution in [0.4, 0.5) is 4.79 Å². The standard InChI is InChI=1S/C22H19NO2/c24-22-23(16-17-10-4-1-5-11-17)20(18-12-6-2-7-13-18)21(25-22)19-14-8-3-9-15-19/h1-15,20-21H,16H2/t20-,21+/m1/s1. The molecule has 0 unspecified atom stereocenters. The molecule has 1 amide bonds. The molecule has 2 atom stereocenters. The van der Waals surface area contributed by atoms with E-state index < -0.39 is 0 Å². The summed E-state index contributed by atoms with van der Waals surface area (Å²) in [5, 5.41) is 0. The zero-order valence-corrected chi connectivity index (χ0v) is 13.8. The summed E-state index contributed by atoms with van der Waals surface area (Å²) in [7, 11) is 0. The molecule has 124 valence electrons. The molecule has 3 heteroatoms. The first-order chi connectivity index (χ1) is 12.3. The Morgan fingerprint density at radius 2 is 1.24 bits per heavy atom. The minimum Gasteiger partial charge on any atom is -0.439 e. The number of nitrogens with zero attached hydrogens (tertiary/aromatic N) is 1. The second-order valence-electron chi connectivity index (χ2n) is 6.18. The average molecular weight is 329 g/mol. The summed E-state index contributed by atoms with van der Waals surface area (Å²) < 4.78 is 5.79. The van der Waals surface area contributed by atoms with Crippen LogP contribution in [-0.4, -0.2) is 11.0 Å². The Labute approximate surface area is 147 Å². The summed E-state index contributed by atoms with van der Waals surface area (Å²) in [5.41, 5.74) is 3.19. The van der Waals surface area contributed by atoms with Gasteiger partial charge in [-0.15, -0.1) is 0 Å². The summed E-state index contributed by atoms with van der Waals surface area (Å²) >= 11 is 0. The van der Waals surface area contributed by atoms with E-state index in [4.69, 9.17) is 4.74 Å². The lowest BCUT2D eigenvalue weighted by atomic mass is 9.95. The van der Waals surface area contributed by atoms with E-state index in [0.717, 1.165) is 16.7 Å². The molecule has 3 aromatic rings. The molecule has 1 saturated heterocycles. The summed E-state index contributed by atoms with van der Waals surface area (Å²) in [6.07, 6.45) is -0.577. The summed E-state index contributed by atoms with van der Waals surface area (Å²) in [6, 6.07) is 29.9. The topological polar surface area (TPSA) is 29.5 Å². The van der Waals surface area contributed by atoms with Crippen molar-refractivity contribution in [2.75, 3.05) is 0 Å². The Morgan fingerprint density at radius 1 is 0.720 bits per heavy atom. The summed E-state index contributed by atoms with van der Waals surface area (Å²) in [4.78, 5) is 14.5. The normalized spacial score (nSPS) is 19.7. The number of hydrogen-bond donors (Lipinski definition) is 0. The molecule has 3 nitrogen and oxygen atoms in total. The largest absolute Gasteiger partial charge is 0.439 e. The van der Waals surface area contributed by atoms with E-state index in [1.165, 1.54) is 0 Å². The number of rotatable bonds is 4. The smallest absolute Gasteiger partial charge is 0.411 e. The molecule has 0 saturated carbocycles. The van der Waals surface area contributed by atoms with Crippen LogP contribution < -0.4 is 0 Å². The molecule has 1 aliphatic rings. The molecule has 25 heavy (non-hydrogen) atoms. The first-order valence-corrected chi connectivity index (χ1v) is 8.44. The van der Waals surface area contributed by atoms with Gasteiger partial charge in [-0.3, -0.25) is 4.90 Å². The Hall–Kier alpha value is -3.07. The summed E-state index contributed by atoms with van der Waals surface area (Å²) in [5.74, 6) is 0. The first kappa shape index (κ1) is 15.5. The second kappa shape index (κ2) is 6.81. The van der Waals surface area contributed by atoms with Crippen molar-refractivity contribution in [3.8, 4) is 0 Å². The van der Waals surface area contributed by atoms with Crippen molar-refractivity contribution < 1.29 is 9.53 Å². The molecular weight excluding hydrogens is 310 g/mol. The van der Waals surface area contributed by atoms with Gasteiger partial charge in [0.15, 0.2) is 6.10 Å². The van der Waals surface area contributed by atoms with Crippen molar-refractivity contribution in [1.82, 2.24) is 4.90 Å². The van der Waals surface area contributed by atoms with Crippen LogP contribution in [-0.2, 0) is 11.3 Å². The van der Waals surface area contributed by atoms with Crippen LogP contribution in [0, 0.1) is 0 Å². The van der Waals surface area contributed by atoms with E-state index in [1.54, 1.807) is 0 Å². The Balaban J connectivity index is 1.73. The number of ether oxygens (including phenoxy) is 1. The minimum atomic E-state index is -0.306. The highest BCUT2D eigenvalue weighted by Gasteiger charge is 2.43. The number of hydrogen-bond acceptors (Lipinski definition) is 2. The van der Waals surface area contributed by atoms with Crippen LogP contribution in [0.2, 0.25) is 0 Å². The number of benzene rings is 3. The van der Waals surface area contributed by atoms with E-state index in [9.17, 15) is 4.79 Å². The fourth-order valence-corrected chi connectivity index (χ4v) is 3.36. The molecule has 0 aromatic heterocycles. The maximum absolute atomic E-state index is 12.6.